The highest BCUT2D eigenvalue weighted by molar-refractivity contribution is 6.01. The average Bonchev–Trinajstić information content (AvgIpc) is 2.78. The summed E-state index contributed by atoms with van der Waals surface area (Å²) in [6.07, 6.45) is 2.95. The molecule has 6 nitrogen and oxygen atoms in total. The highest BCUT2D eigenvalue weighted by atomic mass is 19.1. The van der Waals surface area contributed by atoms with Crippen molar-refractivity contribution in [3.63, 3.8) is 0 Å². The second-order valence-corrected chi connectivity index (χ2v) is 5.97. The second kappa shape index (κ2) is 6.62. The Morgan fingerprint density at radius 2 is 1.92 bits per heavy atom. The zero-order valence-electron chi connectivity index (χ0n) is 13.6. The predicted octanol–water partition coefficient (Wildman–Crippen LogP) is 2.82. The summed E-state index contributed by atoms with van der Waals surface area (Å²) in [5.74, 6) is -3.64. The third-order valence-electron chi connectivity index (χ3n) is 4.32. The molecule has 1 aliphatic rings. The number of hydrogen-bond donors (Lipinski definition) is 1. The second-order valence-electron chi connectivity index (χ2n) is 5.97. The molecule has 1 aromatic carbocycles. The molecule has 1 aromatic heterocycles. The zero-order valence-corrected chi connectivity index (χ0v) is 13.6. The molecule has 0 amide bonds. The number of nitrogens with zero attached hydrogens (tertiary/aromatic N) is 2. The molecule has 0 atom stereocenters. The van der Waals surface area contributed by atoms with E-state index in [4.69, 9.17) is 10.5 Å². The molecule has 2 N–H and O–H groups in total. The summed E-state index contributed by atoms with van der Waals surface area (Å²) in [6.45, 7) is 0.824. The van der Waals surface area contributed by atoms with Gasteiger partial charge in [0.1, 0.15) is 23.0 Å². The SMILES string of the molecule is Cc1nn(C2CCC2)c(N)c1C(=O)OCC(=O)c1c(F)cccc1F. The first-order valence-electron chi connectivity index (χ1n) is 7.89. The molecule has 0 bridgehead atoms. The smallest absolute Gasteiger partial charge is 0.344 e. The minimum absolute atomic E-state index is 0.0775. The van der Waals surface area contributed by atoms with Crippen molar-refractivity contribution >= 4 is 17.6 Å². The van der Waals surface area contributed by atoms with Crippen molar-refractivity contribution in [3.05, 3.63) is 46.7 Å². The number of benzene rings is 1. The average molecular weight is 349 g/mol. The van der Waals surface area contributed by atoms with Gasteiger partial charge in [-0.2, -0.15) is 5.10 Å². The van der Waals surface area contributed by atoms with Crippen LogP contribution in [0.4, 0.5) is 14.6 Å². The lowest BCUT2D eigenvalue weighted by molar-refractivity contribution is 0.0472. The van der Waals surface area contributed by atoms with Crippen molar-refractivity contribution in [3.8, 4) is 0 Å². The van der Waals surface area contributed by atoms with Crippen LogP contribution in [0.15, 0.2) is 18.2 Å². The molecule has 0 unspecified atom stereocenters. The summed E-state index contributed by atoms with van der Waals surface area (Å²) >= 11 is 0. The number of rotatable bonds is 5. The van der Waals surface area contributed by atoms with Crippen molar-refractivity contribution in [2.45, 2.75) is 32.2 Å². The lowest BCUT2D eigenvalue weighted by Crippen LogP contribution is -2.21. The molecular formula is C17H17F2N3O3. The topological polar surface area (TPSA) is 87.2 Å². The molecule has 1 saturated carbocycles. The Bertz CT molecular complexity index is 824. The first-order chi connectivity index (χ1) is 11.9. The van der Waals surface area contributed by atoms with E-state index < -0.39 is 35.6 Å². The number of ketones is 1. The van der Waals surface area contributed by atoms with Gasteiger partial charge in [-0.1, -0.05) is 6.07 Å². The van der Waals surface area contributed by atoms with Crippen molar-refractivity contribution in [2.24, 2.45) is 0 Å². The summed E-state index contributed by atoms with van der Waals surface area (Å²) in [7, 11) is 0. The van der Waals surface area contributed by atoms with Gasteiger partial charge in [0, 0.05) is 0 Å². The molecule has 0 saturated heterocycles. The monoisotopic (exact) mass is 349 g/mol. The van der Waals surface area contributed by atoms with Gasteiger partial charge in [-0.05, 0) is 38.3 Å². The molecule has 1 fully saturated rings. The van der Waals surface area contributed by atoms with Crippen molar-refractivity contribution < 1.29 is 23.1 Å². The van der Waals surface area contributed by atoms with Crippen LogP contribution < -0.4 is 5.73 Å². The van der Waals surface area contributed by atoms with E-state index in [1.807, 2.05) is 0 Å². The van der Waals surface area contributed by atoms with Gasteiger partial charge in [0.15, 0.2) is 6.61 Å². The molecule has 2 aromatic rings. The number of anilines is 1. The molecular weight excluding hydrogens is 332 g/mol. The van der Waals surface area contributed by atoms with E-state index in [0.29, 0.717) is 5.69 Å². The maximum absolute atomic E-state index is 13.6. The van der Waals surface area contributed by atoms with Crippen LogP contribution in [-0.2, 0) is 4.74 Å². The number of carbonyl (C=O) groups excluding carboxylic acids is 2. The normalized spacial score (nSPS) is 14.2. The fourth-order valence-corrected chi connectivity index (χ4v) is 2.77. The molecule has 25 heavy (non-hydrogen) atoms. The number of aryl methyl sites for hydroxylation is 1. The standard InChI is InChI=1S/C17H17F2N3O3/c1-9-14(16(20)22(21-9)10-4-2-5-10)17(24)25-8-13(23)15-11(18)6-3-7-12(15)19/h3,6-7,10H,2,4-5,8,20H2,1H3. The van der Waals surface area contributed by atoms with E-state index in [-0.39, 0.29) is 17.4 Å². The number of Topliss-reactive ketones (excluding diaryl/α,β-unsaturated/α-hetero) is 1. The quantitative estimate of drug-likeness (QED) is 0.662. The van der Waals surface area contributed by atoms with Gasteiger partial charge in [-0.15, -0.1) is 0 Å². The Balaban J connectivity index is 1.73. The van der Waals surface area contributed by atoms with E-state index in [2.05, 4.69) is 5.10 Å². The molecule has 0 spiro atoms. The number of nitrogens with two attached hydrogens (primary N) is 1. The lowest BCUT2D eigenvalue weighted by Gasteiger charge is -2.26. The van der Waals surface area contributed by atoms with Crippen molar-refractivity contribution in [1.82, 2.24) is 9.78 Å². The number of halogens is 2. The minimum atomic E-state index is -1.01. The van der Waals surface area contributed by atoms with Crippen LogP contribution in [0.25, 0.3) is 0 Å². The summed E-state index contributed by atoms with van der Waals surface area (Å²) < 4.78 is 33.7. The maximum Gasteiger partial charge on any atom is 0.344 e. The van der Waals surface area contributed by atoms with Crippen LogP contribution >= 0.6 is 0 Å². The predicted molar refractivity (Wildman–Crippen MR) is 85.2 cm³/mol. The number of aromatic nitrogens is 2. The van der Waals surface area contributed by atoms with Crippen LogP contribution in [-0.4, -0.2) is 28.1 Å². The van der Waals surface area contributed by atoms with E-state index in [1.54, 1.807) is 11.6 Å². The van der Waals surface area contributed by atoms with Crippen LogP contribution in [0.2, 0.25) is 0 Å². The van der Waals surface area contributed by atoms with Gasteiger partial charge in [0.05, 0.1) is 17.3 Å². The van der Waals surface area contributed by atoms with Crippen LogP contribution in [0.1, 0.15) is 51.7 Å². The van der Waals surface area contributed by atoms with Crippen LogP contribution in [0, 0.1) is 18.6 Å². The van der Waals surface area contributed by atoms with Crippen LogP contribution in [0.3, 0.4) is 0 Å². The largest absolute Gasteiger partial charge is 0.454 e. The Morgan fingerprint density at radius 1 is 1.28 bits per heavy atom. The third kappa shape index (κ3) is 3.11. The Kier molecular flexibility index (Phi) is 4.52. The Hall–Kier alpha value is -2.77. The van der Waals surface area contributed by atoms with Gasteiger partial charge in [-0.25, -0.2) is 18.3 Å². The number of carbonyl (C=O) groups is 2. The first-order valence-corrected chi connectivity index (χ1v) is 7.89. The zero-order chi connectivity index (χ0) is 18.1. The van der Waals surface area contributed by atoms with Gasteiger partial charge in [-0.3, -0.25) is 4.79 Å². The molecule has 0 aliphatic heterocycles. The minimum Gasteiger partial charge on any atom is -0.454 e. The van der Waals surface area contributed by atoms with E-state index >= 15 is 0 Å². The summed E-state index contributed by atoms with van der Waals surface area (Å²) in [5.41, 5.74) is 5.71. The molecule has 3 rings (SSSR count). The van der Waals surface area contributed by atoms with Gasteiger partial charge in [0.25, 0.3) is 0 Å². The van der Waals surface area contributed by atoms with E-state index in [1.165, 1.54) is 0 Å². The summed E-state index contributed by atoms with van der Waals surface area (Å²) in [6, 6.07) is 3.23. The number of esters is 1. The number of ether oxygens (including phenoxy) is 1. The van der Waals surface area contributed by atoms with Gasteiger partial charge < -0.3 is 10.5 Å². The molecule has 0 radical (unpaired) electrons. The Labute approximate surface area is 142 Å². The molecule has 1 aliphatic carbocycles. The van der Waals surface area contributed by atoms with Crippen molar-refractivity contribution in [2.75, 3.05) is 12.3 Å². The maximum atomic E-state index is 13.6. The Morgan fingerprint density at radius 3 is 2.48 bits per heavy atom. The fraction of sp³-hybridized carbons (Fsp3) is 0.353. The van der Waals surface area contributed by atoms with Gasteiger partial charge in [0.2, 0.25) is 5.78 Å². The summed E-state index contributed by atoms with van der Waals surface area (Å²) in [4.78, 5) is 24.2. The first kappa shape index (κ1) is 17.1. The van der Waals surface area contributed by atoms with Gasteiger partial charge >= 0.3 is 5.97 Å². The third-order valence-corrected chi connectivity index (χ3v) is 4.32. The number of nitrogen functional groups attached to an aromatic ring is 1. The molecule has 8 heteroatoms. The van der Waals surface area contributed by atoms with Crippen molar-refractivity contribution in [1.29, 1.82) is 0 Å². The highest BCUT2D eigenvalue weighted by Crippen LogP contribution is 2.34. The molecule has 132 valence electrons. The molecule has 1 heterocycles. The lowest BCUT2D eigenvalue weighted by atomic mass is 9.93. The summed E-state index contributed by atoms with van der Waals surface area (Å²) in [5, 5.41) is 4.25. The number of hydrogen-bond acceptors (Lipinski definition) is 5. The fourth-order valence-electron chi connectivity index (χ4n) is 2.77. The highest BCUT2D eigenvalue weighted by Gasteiger charge is 2.28. The van der Waals surface area contributed by atoms with E-state index in [9.17, 15) is 18.4 Å². The van der Waals surface area contributed by atoms with E-state index in [0.717, 1.165) is 37.5 Å². The van der Waals surface area contributed by atoms with Crippen LogP contribution in [0.5, 0.6) is 0 Å².